The molecule has 2 unspecified atom stereocenters. The zero-order valence-corrected chi connectivity index (χ0v) is 14.6. The van der Waals surface area contributed by atoms with E-state index in [0.29, 0.717) is 11.5 Å². The molecular weight excluding hydrogens is 232 g/mol. The summed E-state index contributed by atoms with van der Waals surface area (Å²) in [6.45, 7) is 21.2. The highest BCUT2D eigenvalue weighted by Gasteiger charge is 2.41. The maximum Gasteiger partial charge on any atom is 0.0278 e. The minimum atomic E-state index is 0.275. The van der Waals surface area contributed by atoms with Gasteiger partial charge in [0.15, 0.2) is 0 Å². The summed E-state index contributed by atoms with van der Waals surface area (Å²) in [5.41, 5.74) is 0.938. The number of nitrogens with one attached hydrogen (secondary N) is 1. The largest absolute Gasteiger partial charge is 0.309 e. The van der Waals surface area contributed by atoms with E-state index < -0.39 is 0 Å². The first kappa shape index (κ1) is 17.0. The summed E-state index contributed by atoms with van der Waals surface area (Å²) in [5, 5.41) is 3.77. The molecule has 1 fully saturated rings. The zero-order valence-electron chi connectivity index (χ0n) is 14.6. The fourth-order valence-corrected chi connectivity index (χ4v) is 3.74. The summed E-state index contributed by atoms with van der Waals surface area (Å²) < 4.78 is 0. The standard InChI is InChI=1S/C17H36N2/c1-9-14-11-18-17(8,10-2)13-19(14)16(6,7)12-15(3,4)5/h14,18H,9-13H2,1-8H3. The normalized spacial score (nSPS) is 30.6. The molecule has 0 spiro atoms. The van der Waals surface area contributed by atoms with Crippen molar-refractivity contribution in [1.82, 2.24) is 10.2 Å². The van der Waals surface area contributed by atoms with Crippen LogP contribution < -0.4 is 5.32 Å². The fourth-order valence-electron chi connectivity index (χ4n) is 3.74. The van der Waals surface area contributed by atoms with Crippen LogP contribution in [-0.2, 0) is 0 Å². The number of hydrogen-bond acceptors (Lipinski definition) is 2. The van der Waals surface area contributed by atoms with Crippen LogP contribution >= 0.6 is 0 Å². The van der Waals surface area contributed by atoms with Crippen LogP contribution in [0.15, 0.2) is 0 Å². The monoisotopic (exact) mass is 268 g/mol. The predicted molar refractivity (Wildman–Crippen MR) is 85.6 cm³/mol. The molecule has 2 heteroatoms. The van der Waals surface area contributed by atoms with E-state index >= 15 is 0 Å². The number of hydrogen-bond donors (Lipinski definition) is 1. The SMILES string of the molecule is CCC1CNC(C)(CC)CN1C(C)(C)CC(C)(C)C. The van der Waals surface area contributed by atoms with Crippen molar-refractivity contribution in [2.24, 2.45) is 5.41 Å². The lowest BCUT2D eigenvalue weighted by atomic mass is 9.78. The van der Waals surface area contributed by atoms with Crippen molar-refractivity contribution in [1.29, 1.82) is 0 Å². The van der Waals surface area contributed by atoms with Crippen molar-refractivity contribution in [2.75, 3.05) is 13.1 Å². The molecule has 1 N–H and O–H groups in total. The first-order chi connectivity index (χ1) is 8.53. The van der Waals surface area contributed by atoms with Gasteiger partial charge in [-0.25, -0.2) is 0 Å². The number of rotatable bonds is 4. The molecule has 0 aliphatic carbocycles. The van der Waals surface area contributed by atoms with Crippen LogP contribution in [0.5, 0.6) is 0 Å². The predicted octanol–water partition coefficient (Wildman–Crippen LogP) is 4.05. The highest BCUT2D eigenvalue weighted by atomic mass is 15.3. The van der Waals surface area contributed by atoms with E-state index in [0.717, 1.165) is 6.54 Å². The van der Waals surface area contributed by atoms with Gasteiger partial charge in [-0.15, -0.1) is 0 Å². The lowest BCUT2D eigenvalue weighted by Gasteiger charge is -2.54. The second kappa shape index (κ2) is 5.73. The molecular formula is C17H36N2. The Kier molecular flexibility index (Phi) is 5.12. The van der Waals surface area contributed by atoms with Gasteiger partial charge in [0, 0.05) is 30.2 Å². The second-order valence-corrected chi connectivity index (χ2v) is 8.53. The summed E-state index contributed by atoms with van der Waals surface area (Å²) in [5.74, 6) is 0. The molecule has 0 amide bonds. The first-order valence-corrected chi connectivity index (χ1v) is 8.05. The van der Waals surface area contributed by atoms with E-state index in [1.165, 1.54) is 25.8 Å². The number of piperazine rings is 1. The summed E-state index contributed by atoms with van der Waals surface area (Å²) in [7, 11) is 0. The van der Waals surface area contributed by atoms with Crippen molar-refractivity contribution < 1.29 is 0 Å². The third-order valence-corrected chi connectivity index (χ3v) is 4.72. The molecule has 1 rings (SSSR count). The maximum absolute atomic E-state index is 3.77. The Bertz CT molecular complexity index is 290. The molecule has 0 aromatic rings. The summed E-state index contributed by atoms with van der Waals surface area (Å²) in [6, 6.07) is 0.678. The fraction of sp³-hybridized carbons (Fsp3) is 1.00. The van der Waals surface area contributed by atoms with Gasteiger partial charge in [-0.2, -0.15) is 0 Å². The van der Waals surface area contributed by atoms with E-state index in [4.69, 9.17) is 0 Å². The summed E-state index contributed by atoms with van der Waals surface area (Å²) in [4.78, 5) is 2.78. The highest BCUT2D eigenvalue weighted by molar-refractivity contribution is 5.00. The van der Waals surface area contributed by atoms with Crippen molar-refractivity contribution in [3.63, 3.8) is 0 Å². The van der Waals surface area contributed by atoms with Crippen LogP contribution in [0.2, 0.25) is 0 Å². The Balaban J connectivity index is 2.91. The molecule has 19 heavy (non-hydrogen) atoms. The molecule has 1 saturated heterocycles. The molecule has 1 heterocycles. The van der Waals surface area contributed by atoms with Crippen molar-refractivity contribution in [3.8, 4) is 0 Å². The van der Waals surface area contributed by atoms with Crippen LogP contribution in [0.25, 0.3) is 0 Å². The van der Waals surface area contributed by atoms with Gasteiger partial charge in [0.2, 0.25) is 0 Å². The Morgan fingerprint density at radius 1 is 1.16 bits per heavy atom. The van der Waals surface area contributed by atoms with Gasteiger partial charge in [0.05, 0.1) is 0 Å². The lowest BCUT2D eigenvalue weighted by Crippen LogP contribution is -2.67. The molecule has 0 aromatic heterocycles. The van der Waals surface area contributed by atoms with Crippen LogP contribution in [-0.4, -0.2) is 35.1 Å². The summed E-state index contributed by atoms with van der Waals surface area (Å²) >= 11 is 0. The lowest BCUT2D eigenvalue weighted by molar-refractivity contribution is -0.0169. The quantitative estimate of drug-likeness (QED) is 0.827. The average Bonchev–Trinajstić information content (AvgIpc) is 2.26. The molecule has 0 radical (unpaired) electrons. The Labute approximate surface area is 121 Å². The average molecular weight is 268 g/mol. The minimum absolute atomic E-state index is 0.275. The minimum Gasteiger partial charge on any atom is -0.309 e. The molecule has 1 aliphatic heterocycles. The number of nitrogens with zero attached hydrogens (tertiary/aromatic N) is 1. The smallest absolute Gasteiger partial charge is 0.0278 e. The Hall–Kier alpha value is -0.0800. The molecule has 2 atom stereocenters. The van der Waals surface area contributed by atoms with Crippen LogP contribution in [0.3, 0.4) is 0 Å². The van der Waals surface area contributed by atoms with E-state index in [-0.39, 0.29) is 11.1 Å². The van der Waals surface area contributed by atoms with Crippen molar-refractivity contribution in [3.05, 3.63) is 0 Å². The van der Waals surface area contributed by atoms with Gasteiger partial charge in [-0.3, -0.25) is 4.90 Å². The van der Waals surface area contributed by atoms with Gasteiger partial charge >= 0.3 is 0 Å². The zero-order chi connectivity index (χ0) is 14.9. The summed E-state index contributed by atoms with van der Waals surface area (Å²) in [6.07, 6.45) is 3.68. The molecule has 0 saturated carbocycles. The Morgan fingerprint density at radius 3 is 2.16 bits per heavy atom. The highest BCUT2D eigenvalue weighted by Crippen LogP contribution is 2.35. The van der Waals surface area contributed by atoms with Crippen LogP contribution in [0, 0.1) is 5.41 Å². The van der Waals surface area contributed by atoms with E-state index in [1.807, 2.05) is 0 Å². The third-order valence-electron chi connectivity index (χ3n) is 4.72. The Morgan fingerprint density at radius 2 is 1.74 bits per heavy atom. The third kappa shape index (κ3) is 4.46. The van der Waals surface area contributed by atoms with E-state index in [1.54, 1.807) is 0 Å². The van der Waals surface area contributed by atoms with Crippen LogP contribution in [0.4, 0.5) is 0 Å². The van der Waals surface area contributed by atoms with Crippen molar-refractivity contribution >= 4 is 0 Å². The topological polar surface area (TPSA) is 15.3 Å². The maximum atomic E-state index is 3.77. The van der Waals surface area contributed by atoms with Crippen LogP contribution in [0.1, 0.15) is 74.7 Å². The van der Waals surface area contributed by atoms with Gasteiger partial charge in [0.25, 0.3) is 0 Å². The van der Waals surface area contributed by atoms with Crippen molar-refractivity contribution in [2.45, 2.75) is 91.8 Å². The van der Waals surface area contributed by atoms with Gasteiger partial charge in [-0.05, 0) is 45.4 Å². The molecule has 0 aromatic carbocycles. The molecule has 0 bridgehead atoms. The molecule has 2 nitrogen and oxygen atoms in total. The second-order valence-electron chi connectivity index (χ2n) is 8.53. The van der Waals surface area contributed by atoms with E-state index in [9.17, 15) is 0 Å². The van der Waals surface area contributed by atoms with Gasteiger partial charge in [0.1, 0.15) is 0 Å². The van der Waals surface area contributed by atoms with Gasteiger partial charge < -0.3 is 5.32 Å². The molecule has 1 aliphatic rings. The first-order valence-electron chi connectivity index (χ1n) is 8.05. The molecule has 114 valence electrons. The van der Waals surface area contributed by atoms with E-state index in [2.05, 4.69) is 65.6 Å². The van der Waals surface area contributed by atoms with Gasteiger partial charge in [-0.1, -0.05) is 34.6 Å².